The van der Waals surface area contributed by atoms with Crippen molar-refractivity contribution >= 4 is 11.7 Å². The minimum Gasteiger partial charge on any atom is -0.481 e. The van der Waals surface area contributed by atoms with Gasteiger partial charge in [-0.05, 0) is 25.5 Å². The molecule has 1 aromatic heterocycles. The average Bonchev–Trinajstić information content (AvgIpc) is 3.15. The second kappa shape index (κ2) is 7.69. The SMILES string of the molecule is COc1nc(N2CCC(F)(F)CC2)c(F)cc1CNC(=O)[C@@H]1CCCN1. The van der Waals surface area contributed by atoms with Gasteiger partial charge in [0.25, 0.3) is 5.92 Å². The molecule has 2 saturated heterocycles. The molecule has 0 saturated carbocycles. The number of carbonyl (C=O) groups excluding carboxylic acids is 1. The number of nitrogens with one attached hydrogen (secondary N) is 2. The molecule has 6 nitrogen and oxygen atoms in total. The van der Waals surface area contributed by atoms with Crippen LogP contribution in [0.25, 0.3) is 0 Å². The summed E-state index contributed by atoms with van der Waals surface area (Å²) in [5, 5.41) is 5.84. The van der Waals surface area contributed by atoms with Gasteiger partial charge in [-0.15, -0.1) is 0 Å². The number of amides is 1. The highest BCUT2D eigenvalue weighted by Crippen LogP contribution is 2.32. The Balaban J connectivity index is 1.69. The molecule has 0 bridgehead atoms. The van der Waals surface area contributed by atoms with E-state index in [1.54, 1.807) is 0 Å². The first-order valence-corrected chi connectivity index (χ1v) is 8.77. The van der Waals surface area contributed by atoms with E-state index in [-0.39, 0.29) is 56.1 Å². The van der Waals surface area contributed by atoms with Crippen molar-refractivity contribution in [2.75, 3.05) is 31.6 Å². The van der Waals surface area contributed by atoms with Gasteiger partial charge in [0, 0.05) is 38.0 Å². The fraction of sp³-hybridized carbons (Fsp3) is 0.647. The minimum atomic E-state index is -2.71. The summed E-state index contributed by atoms with van der Waals surface area (Å²) in [5.74, 6) is -3.29. The van der Waals surface area contributed by atoms with Crippen LogP contribution in [0.1, 0.15) is 31.2 Å². The van der Waals surface area contributed by atoms with Gasteiger partial charge in [0.15, 0.2) is 11.6 Å². The number of alkyl halides is 2. The van der Waals surface area contributed by atoms with Crippen LogP contribution in [0, 0.1) is 5.82 Å². The van der Waals surface area contributed by atoms with Crippen LogP contribution >= 0.6 is 0 Å². The Bertz CT molecular complexity index is 656. The maximum absolute atomic E-state index is 14.5. The first-order valence-electron chi connectivity index (χ1n) is 8.77. The Morgan fingerprint density at radius 1 is 1.46 bits per heavy atom. The zero-order valence-electron chi connectivity index (χ0n) is 14.7. The standard InChI is InChI=1S/C17H23F3N4O2/c1-26-16-11(10-22-15(25)13-3-2-6-21-13)9-12(18)14(23-16)24-7-4-17(19,20)5-8-24/h9,13,21H,2-8,10H2,1H3,(H,22,25)/t13-/m0/s1. The summed E-state index contributed by atoms with van der Waals surface area (Å²) >= 11 is 0. The molecule has 9 heteroatoms. The molecule has 3 heterocycles. The molecule has 3 rings (SSSR count). The van der Waals surface area contributed by atoms with E-state index in [9.17, 15) is 18.0 Å². The van der Waals surface area contributed by atoms with Crippen molar-refractivity contribution in [1.82, 2.24) is 15.6 Å². The van der Waals surface area contributed by atoms with Crippen LogP contribution in [0.3, 0.4) is 0 Å². The van der Waals surface area contributed by atoms with Crippen molar-refractivity contribution in [1.29, 1.82) is 0 Å². The van der Waals surface area contributed by atoms with Crippen LogP contribution in [0.4, 0.5) is 19.0 Å². The Labute approximate surface area is 150 Å². The molecular weight excluding hydrogens is 349 g/mol. The lowest BCUT2D eigenvalue weighted by molar-refractivity contribution is -0.122. The van der Waals surface area contributed by atoms with Gasteiger partial charge in [0.05, 0.1) is 13.2 Å². The van der Waals surface area contributed by atoms with E-state index in [1.165, 1.54) is 18.1 Å². The summed E-state index contributed by atoms with van der Waals surface area (Å²) in [7, 11) is 1.40. The summed E-state index contributed by atoms with van der Waals surface area (Å²) in [6.07, 6.45) is 1.06. The molecule has 2 aliphatic heterocycles. The summed E-state index contributed by atoms with van der Waals surface area (Å²) < 4.78 is 46.3. The Morgan fingerprint density at radius 3 is 2.81 bits per heavy atom. The highest BCUT2D eigenvalue weighted by molar-refractivity contribution is 5.82. The van der Waals surface area contributed by atoms with E-state index in [0.29, 0.717) is 5.56 Å². The zero-order chi connectivity index (χ0) is 18.7. The number of hydrogen-bond acceptors (Lipinski definition) is 5. The molecule has 0 radical (unpaired) electrons. The number of rotatable bonds is 5. The largest absolute Gasteiger partial charge is 0.481 e. The number of anilines is 1. The van der Waals surface area contributed by atoms with Crippen molar-refractivity contribution in [2.45, 2.75) is 44.2 Å². The fourth-order valence-corrected chi connectivity index (χ4v) is 3.29. The quantitative estimate of drug-likeness (QED) is 0.826. The molecule has 2 fully saturated rings. The van der Waals surface area contributed by atoms with Gasteiger partial charge in [-0.25, -0.2) is 13.2 Å². The van der Waals surface area contributed by atoms with E-state index in [2.05, 4.69) is 15.6 Å². The second-order valence-corrected chi connectivity index (χ2v) is 6.67. The number of aromatic nitrogens is 1. The first-order chi connectivity index (χ1) is 12.4. The molecular formula is C17H23F3N4O2. The molecule has 26 heavy (non-hydrogen) atoms. The third kappa shape index (κ3) is 4.20. The van der Waals surface area contributed by atoms with Gasteiger partial charge < -0.3 is 20.3 Å². The van der Waals surface area contributed by atoms with Crippen LogP contribution in [-0.2, 0) is 11.3 Å². The molecule has 0 spiro atoms. The van der Waals surface area contributed by atoms with E-state index in [1.807, 2.05) is 0 Å². The highest BCUT2D eigenvalue weighted by atomic mass is 19.3. The van der Waals surface area contributed by atoms with Crippen LogP contribution in [0.5, 0.6) is 5.88 Å². The molecule has 2 aliphatic rings. The second-order valence-electron chi connectivity index (χ2n) is 6.67. The lowest BCUT2D eigenvalue weighted by Crippen LogP contribution is -2.40. The number of ether oxygens (including phenoxy) is 1. The average molecular weight is 372 g/mol. The fourth-order valence-electron chi connectivity index (χ4n) is 3.29. The maximum Gasteiger partial charge on any atom is 0.251 e. The van der Waals surface area contributed by atoms with Gasteiger partial charge >= 0.3 is 0 Å². The van der Waals surface area contributed by atoms with Crippen LogP contribution in [-0.4, -0.2) is 49.6 Å². The lowest BCUT2D eigenvalue weighted by Gasteiger charge is -2.32. The molecule has 144 valence electrons. The first kappa shape index (κ1) is 18.8. The van der Waals surface area contributed by atoms with Crippen molar-refractivity contribution in [3.05, 3.63) is 17.4 Å². The smallest absolute Gasteiger partial charge is 0.251 e. The monoisotopic (exact) mass is 372 g/mol. The Kier molecular flexibility index (Phi) is 5.55. The number of methoxy groups -OCH3 is 1. The van der Waals surface area contributed by atoms with Crippen molar-refractivity contribution in [3.8, 4) is 5.88 Å². The molecule has 2 N–H and O–H groups in total. The van der Waals surface area contributed by atoms with Crippen molar-refractivity contribution in [2.24, 2.45) is 0 Å². The topological polar surface area (TPSA) is 66.5 Å². The third-order valence-corrected chi connectivity index (χ3v) is 4.81. The predicted molar refractivity (Wildman–Crippen MR) is 90.0 cm³/mol. The number of pyridine rings is 1. The number of nitrogens with zero attached hydrogens (tertiary/aromatic N) is 2. The summed E-state index contributed by atoms with van der Waals surface area (Å²) in [5.41, 5.74) is 0.405. The van der Waals surface area contributed by atoms with Crippen molar-refractivity contribution < 1.29 is 22.7 Å². The van der Waals surface area contributed by atoms with Crippen LogP contribution in [0.2, 0.25) is 0 Å². The molecule has 1 atom stereocenters. The minimum absolute atomic E-state index is 0.00452. The lowest BCUT2D eigenvalue weighted by atomic mass is 10.1. The van der Waals surface area contributed by atoms with Crippen molar-refractivity contribution in [3.63, 3.8) is 0 Å². The number of piperidine rings is 1. The highest BCUT2D eigenvalue weighted by Gasteiger charge is 2.35. The number of carbonyl (C=O) groups is 1. The van der Waals surface area contributed by atoms with Gasteiger partial charge in [-0.3, -0.25) is 4.79 Å². The predicted octanol–water partition coefficient (Wildman–Crippen LogP) is 1.83. The van der Waals surface area contributed by atoms with E-state index >= 15 is 0 Å². The normalized spacial score (nSPS) is 22.3. The number of hydrogen-bond donors (Lipinski definition) is 2. The molecule has 0 aliphatic carbocycles. The Morgan fingerprint density at radius 2 is 2.19 bits per heavy atom. The van der Waals surface area contributed by atoms with E-state index < -0.39 is 11.7 Å². The third-order valence-electron chi connectivity index (χ3n) is 4.81. The molecule has 1 amide bonds. The van der Waals surface area contributed by atoms with Crippen LogP contribution < -0.4 is 20.3 Å². The molecule has 0 unspecified atom stereocenters. The molecule has 1 aromatic rings. The maximum atomic E-state index is 14.5. The number of halogens is 3. The van der Waals surface area contributed by atoms with Gasteiger partial charge in [0.1, 0.15) is 0 Å². The molecule has 0 aromatic carbocycles. The summed E-state index contributed by atoms with van der Waals surface area (Å²) in [6.45, 7) is 0.955. The van der Waals surface area contributed by atoms with E-state index in [4.69, 9.17) is 4.74 Å². The summed E-state index contributed by atoms with van der Waals surface area (Å²) in [6, 6.07) is 1.02. The van der Waals surface area contributed by atoms with E-state index in [0.717, 1.165) is 19.4 Å². The van der Waals surface area contributed by atoms with Crippen LogP contribution in [0.15, 0.2) is 6.07 Å². The summed E-state index contributed by atoms with van der Waals surface area (Å²) in [4.78, 5) is 17.7. The Hall–Kier alpha value is -2.03. The van der Waals surface area contributed by atoms with Gasteiger partial charge in [-0.2, -0.15) is 4.98 Å². The van der Waals surface area contributed by atoms with Gasteiger partial charge in [-0.1, -0.05) is 0 Å². The zero-order valence-corrected chi connectivity index (χ0v) is 14.7. The van der Waals surface area contributed by atoms with Gasteiger partial charge in [0.2, 0.25) is 11.8 Å².